The molecule has 0 aliphatic rings. The first-order valence-corrected chi connectivity index (χ1v) is 9.48. The molecule has 1 atom stereocenters. The third-order valence-electron chi connectivity index (χ3n) is 4.40. The molecule has 1 aromatic heterocycles. The molecule has 0 aliphatic heterocycles. The van der Waals surface area contributed by atoms with Gasteiger partial charge in [-0.1, -0.05) is 49.2 Å². The van der Waals surface area contributed by atoms with Gasteiger partial charge in [-0.3, -0.25) is 4.79 Å². The first-order chi connectivity index (χ1) is 12.4. The number of amides is 1. The number of H-pyrrole nitrogens is 1. The summed E-state index contributed by atoms with van der Waals surface area (Å²) in [6.07, 6.45) is 2.31. The predicted octanol–water partition coefficient (Wildman–Crippen LogP) is 5.77. The molecular formula is C21H22Cl2N2O. The van der Waals surface area contributed by atoms with E-state index >= 15 is 0 Å². The van der Waals surface area contributed by atoms with Gasteiger partial charge in [-0.15, -0.1) is 0 Å². The number of carbonyl (C=O) groups excluding carboxylic acids is 1. The van der Waals surface area contributed by atoms with E-state index in [-0.39, 0.29) is 11.8 Å². The van der Waals surface area contributed by atoms with Crippen molar-refractivity contribution in [1.82, 2.24) is 10.3 Å². The van der Waals surface area contributed by atoms with Gasteiger partial charge in [-0.2, -0.15) is 0 Å². The Labute approximate surface area is 163 Å². The Kier molecular flexibility index (Phi) is 5.90. The molecule has 0 aliphatic carbocycles. The van der Waals surface area contributed by atoms with Gasteiger partial charge in [-0.05, 0) is 47.4 Å². The van der Waals surface area contributed by atoms with E-state index in [9.17, 15) is 4.79 Å². The summed E-state index contributed by atoms with van der Waals surface area (Å²) in [5, 5.41) is 5.37. The minimum atomic E-state index is -0.104. The van der Waals surface area contributed by atoms with Crippen LogP contribution in [0.15, 0.2) is 48.7 Å². The van der Waals surface area contributed by atoms with Crippen molar-refractivity contribution < 1.29 is 4.79 Å². The largest absolute Gasteiger partial charge is 0.361 e. The molecule has 0 saturated heterocycles. The molecular weight excluding hydrogens is 367 g/mol. The minimum absolute atomic E-state index is 0.0278. The Morgan fingerprint density at radius 2 is 1.88 bits per heavy atom. The number of fused-ring (bicyclic) bond motifs is 1. The number of benzene rings is 2. The van der Waals surface area contributed by atoms with Gasteiger partial charge in [-0.25, -0.2) is 0 Å². The van der Waals surface area contributed by atoms with Gasteiger partial charge in [0.1, 0.15) is 0 Å². The van der Waals surface area contributed by atoms with Crippen LogP contribution in [0.3, 0.4) is 0 Å². The van der Waals surface area contributed by atoms with Crippen molar-refractivity contribution in [2.75, 3.05) is 6.54 Å². The molecule has 1 amide bonds. The number of hydrogen-bond donors (Lipinski definition) is 2. The first-order valence-electron chi connectivity index (χ1n) is 8.72. The van der Waals surface area contributed by atoms with Gasteiger partial charge in [0, 0.05) is 46.0 Å². The molecule has 136 valence electrons. The highest BCUT2D eigenvalue weighted by atomic mass is 35.5. The van der Waals surface area contributed by atoms with E-state index in [1.165, 1.54) is 0 Å². The Balaban J connectivity index is 1.99. The van der Waals surface area contributed by atoms with E-state index in [4.69, 9.17) is 23.2 Å². The molecule has 0 unspecified atom stereocenters. The Bertz CT molecular complexity index is 917. The number of halogens is 2. The van der Waals surface area contributed by atoms with Crippen molar-refractivity contribution >= 4 is 40.0 Å². The van der Waals surface area contributed by atoms with E-state index in [0.717, 1.165) is 22.0 Å². The van der Waals surface area contributed by atoms with E-state index < -0.39 is 0 Å². The maximum atomic E-state index is 12.5. The Hall–Kier alpha value is -1.97. The fourth-order valence-corrected chi connectivity index (χ4v) is 3.48. The monoisotopic (exact) mass is 388 g/mol. The summed E-state index contributed by atoms with van der Waals surface area (Å²) in [6, 6.07) is 13.4. The van der Waals surface area contributed by atoms with Crippen LogP contribution < -0.4 is 5.32 Å². The number of aromatic amines is 1. The molecule has 0 saturated carbocycles. The lowest BCUT2D eigenvalue weighted by Crippen LogP contribution is -2.28. The molecule has 2 N–H and O–H groups in total. The Morgan fingerprint density at radius 1 is 1.12 bits per heavy atom. The molecule has 2 aromatic carbocycles. The van der Waals surface area contributed by atoms with Crippen LogP contribution >= 0.6 is 23.2 Å². The predicted molar refractivity (Wildman–Crippen MR) is 109 cm³/mol. The fourth-order valence-electron chi connectivity index (χ4n) is 3.11. The number of aromatic nitrogens is 1. The zero-order chi connectivity index (χ0) is 18.7. The summed E-state index contributed by atoms with van der Waals surface area (Å²) in [5.41, 5.74) is 3.06. The van der Waals surface area contributed by atoms with Crippen LogP contribution in [0.2, 0.25) is 10.0 Å². The topological polar surface area (TPSA) is 44.9 Å². The maximum Gasteiger partial charge on any atom is 0.220 e. The van der Waals surface area contributed by atoms with Crippen molar-refractivity contribution in [3.05, 3.63) is 69.8 Å². The van der Waals surface area contributed by atoms with E-state index in [1.54, 1.807) is 0 Å². The molecule has 3 rings (SSSR count). The third kappa shape index (κ3) is 4.40. The van der Waals surface area contributed by atoms with Crippen molar-refractivity contribution in [3.63, 3.8) is 0 Å². The van der Waals surface area contributed by atoms with Crippen LogP contribution in [-0.2, 0) is 4.79 Å². The lowest BCUT2D eigenvalue weighted by Gasteiger charge is -2.18. The van der Waals surface area contributed by atoms with Gasteiger partial charge in [0.2, 0.25) is 5.91 Å². The molecule has 0 bridgehead atoms. The van der Waals surface area contributed by atoms with E-state index in [1.807, 2.05) is 48.7 Å². The summed E-state index contributed by atoms with van der Waals surface area (Å²) in [4.78, 5) is 15.8. The summed E-state index contributed by atoms with van der Waals surface area (Å²) in [7, 11) is 0. The zero-order valence-corrected chi connectivity index (χ0v) is 16.4. The average molecular weight is 389 g/mol. The molecule has 1 heterocycles. The van der Waals surface area contributed by atoms with Crippen LogP contribution in [0.25, 0.3) is 10.9 Å². The van der Waals surface area contributed by atoms with Crippen molar-refractivity contribution in [1.29, 1.82) is 0 Å². The van der Waals surface area contributed by atoms with Gasteiger partial charge >= 0.3 is 0 Å². The van der Waals surface area contributed by atoms with Crippen molar-refractivity contribution in [3.8, 4) is 0 Å². The maximum absolute atomic E-state index is 12.5. The second-order valence-electron chi connectivity index (χ2n) is 6.94. The summed E-state index contributed by atoms with van der Waals surface area (Å²) >= 11 is 12.4. The second-order valence-corrected chi connectivity index (χ2v) is 7.82. The quantitative estimate of drug-likeness (QED) is 0.552. The molecule has 26 heavy (non-hydrogen) atoms. The summed E-state index contributed by atoms with van der Waals surface area (Å²) in [6.45, 7) is 4.83. The minimum Gasteiger partial charge on any atom is -0.361 e. The van der Waals surface area contributed by atoms with Gasteiger partial charge in [0.15, 0.2) is 0 Å². The summed E-state index contributed by atoms with van der Waals surface area (Å²) in [5.74, 6) is 0.337. The van der Waals surface area contributed by atoms with Gasteiger partial charge in [0.05, 0.1) is 0 Å². The number of nitrogens with one attached hydrogen (secondary N) is 2. The van der Waals surface area contributed by atoms with Crippen LogP contribution in [0.5, 0.6) is 0 Å². The van der Waals surface area contributed by atoms with Crippen LogP contribution in [0, 0.1) is 5.92 Å². The van der Waals surface area contributed by atoms with Crippen LogP contribution in [0.1, 0.15) is 37.3 Å². The molecule has 3 nitrogen and oxygen atoms in total. The smallest absolute Gasteiger partial charge is 0.220 e. The van der Waals surface area contributed by atoms with Crippen LogP contribution in [0.4, 0.5) is 0 Å². The van der Waals surface area contributed by atoms with Gasteiger partial charge < -0.3 is 10.3 Å². The Morgan fingerprint density at radius 3 is 2.62 bits per heavy atom. The SMILES string of the molecule is CC(C)CNC(=O)C[C@@H](c1cccc(Cl)c1)c1c[nH]c2ccc(Cl)cc12. The van der Waals surface area contributed by atoms with Crippen molar-refractivity contribution in [2.24, 2.45) is 5.92 Å². The number of carbonyl (C=O) groups is 1. The highest BCUT2D eigenvalue weighted by Crippen LogP contribution is 2.35. The standard InChI is InChI=1S/C21H22Cl2N2O/c1-13(2)11-25-21(26)10-17(14-4-3-5-15(22)8-14)19-12-24-20-7-6-16(23)9-18(19)20/h3-9,12-13,17,24H,10-11H2,1-2H3,(H,25,26)/t17-/m0/s1. The third-order valence-corrected chi connectivity index (χ3v) is 4.87. The van der Waals surface area contributed by atoms with E-state index in [0.29, 0.717) is 28.9 Å². The summed E-state index contributed by atoms with van der Waals surface area (Å²) < 4.78 is 0. The average Bonchev–Trinajstić information content (AvgIpc) is 3.00. The lowest BCUT2D eigenvalue weighted by atomic mass is 9.88. The first kappa shape index (κ1) is 18.8. The fraction of sp³-hybridized carbons (Fsp3) is 0.286. The number of rotatable bonds is 6. The van der Waals surface area contributed by atoms with Crippen molar-refractivity contribution in [2.45, 2.75) is 26.2 Å². The highest BCUT2D eigenvalue weighted by Gasteiger charge is 2.22. The molecule has 0 spiro atoms. The molecule has 0 fully saturated rings. The van der Waals surface area contributed by atoms with E-state index in [2.05, 4.69) is 24.1 Å². The molecule has 5 heteroatoms. The number of hydrogen-bond acceptors (Lipinski definition) is 1. The lowest BCUT2D eigenvalue weighted by molar-refractivity contribution is -0.121. The zero-order valence-electron chi connectivity index (χ0n) is 14.9. The molecule has 3 aromatic rings. The van der Waals surface area contributed by atoms with Crippen LogP contribution in [-0.4, -0.2) is 17.4 Å². The second kappa shape index (κ2) is 8.15. The normalized spacial score (nSPS) is 12.5. The molecule has 0 radical (unpaired) electrons. The highest BCUT2D eigenvalue weighted by molar-refractivity contribution is 6.31. The van der Waals surface area contributed by atoms with Gasteiger partial charge in [0.25, 0.3) is 0 Å².